The molecule has 1 atom stereocenters. The lowest BCUT2D eigenvalue weighted by molar-refractivity contribution is -0.0760. The molecule has 20 heavy (non-hydrogen) atoms. The van der Waals surface area contributed by atoms with Crippen molar-refractivity contribution in [3.8, 4) is 0 Å². The molecule has 4 fully saturated rings. The molecule has 0 amide bonds. The maximum Gasteiger partial charge on any atom is 0.0462 e. The van der Waals surface area contributed by atoms with Crippen molar-refractivity contribution in [1.29, 1.82) is 0 Å². The Bertz CT molecular complexity index is 279. The predicted molar refractivity (Wildman–Crippen MR) is 83.8 cm³/mol. The third kappa shape index (κ3) is 2.92. The summed E-state index contributed by atoms with van der Waals surface area (Å²) >= 11 is 0. The Hall–Kier alpha value is -0.0800. The van der Waals surface area contributed by atoms with Crippen LogP contribution in [0.3, 0.4) is 0 Å². The van der Waals surface area contributed by atoms with E-state index in [-0.39, 0.29) is 0 Å². The van der Waals surface area contributed by atoms with E-state index in [1.165, 1.54) is 45.1 Å². The van der Waals surface area contributed by atoms with Gasteiger partial charge in [0.25, 0.3) is 0 Å². The maximum absolute atomic E-state index is 5.29. The molecule has 2 heteroatoms. The summed E-state index contributed by atoms with van der Waals surface area (Å²) in [5, 5.41) is 3.93. The quantitative estimate of drug-likeness (QED) is 0.678. The van der Waals surface area contributed by atoms with E-state index in [9.17, 15) is 0 Å². The van der Waals surface area contributed by atoms with Crippen molar-refractivity contribution in [3.05, 3.63) is 0 Å². The van der Waals surface area contributed by atoms with Crippen LogP contribution in [0.1, 0.15) is 64.7 Å². The molecule has 1 unspecified atom stereocenters. The average molecular weight is 279 g/mol. The summed E-state index contributed by atoms with van der Waals surface area (Å²) in [6.45, 7) is 4.41. The molecule has 4 aliphatic rings. The monoisotopic (exact) mass is 279 g/mol. The first-order valence-corrected chi connectivity index (χ1v) is 8.98. The first-order chi connectivity index (χ1) is 9.75. The van der Waals surface area contributed by atoms with Gasteiger partial charge in [0, 0.05) is 19.8 Å². The van der Waals surface area contributed by atoms with E-state index >= 15 is 0 Å². The molecule has 0 spiro atoms. The van der Waals surface area contributed by atoms with Crippen LogP contribution in [0.4, 0.5) is 0 Å². The van der Waals surface area contributed by atoms with Crippen LogP contribution in [-0.2, 0) is 4.74 Å². The topological polar surface area (TPSA) is 21.3 Å². The van der Waals surface area contributed by atoms with Crippen LogP contribution >= 0.6 is 0 Å². The van der Waals surface area contributed by atoms with Gasteiger partial charge in [-0.15, -0.1) is 0 Å². The second kappa shape index (κ2) is 6.36. The summed E-state index contributed by atoms with van der Waals surface area (Å²) < 4.78 is 5.29. The van der Waals surface area contributed by atoms with Crippen LogP contribution in [0.5, 0.6) is 0 Å². The largest absolute Gasteiger partial charge is 0.385 e. The Morgan fingerprint density at radius 1 is 1.10 bits per heavy atom. The van der Waals surface area contributed by atoms with Crippen molar-refractivity contribution in [3.63, 3.8) is 0 Å². The Balaban J connectivity index is 1.68. The first-order valence-electron chi connectivity index (χ1n) is 8.98. The number of nitrogens with one attached hydrogen (secondary N) is 1. The molecule has 4 saturated carbocycles. The van der Waals surface area contributed by atoms with Crippen molar-refractivity contribution < 1.29 is 4.74 Å². The van der Waals surface area contributed by atoms with Gasteiger partial charge in [-0.05, 0) is 87.5 Å². The summed E-state index contributed by atoms with van der Waals surface area (Å²) in [5.74, 6) is 3.19. The fraction of sp³-hybridized carbons (Fsp3) is 1.00. The lowest BCUT2D eigenvalue weighted by Crippen LogP contribution is -2.56. The highest BCUT2D eigenvalue weighted by Gasteiger charge is 2.53. The van der Waals surface area contributed by atoms with E-state index in [1.807, 2.05) is 7.11 Å². The van der Waals surface area contributed by atoms with E-state index in [0.717, 1.165) is 30.4 Å². The Labute approximate surface area is 125 Å². The molecule has 0 heterocycles. The smallest absolute Gasteiger partial charge is 0.0462 e. The number of hydrogen-bond acceptors (Lipinski definition) is 2. The fourth-order valence-corrected chi connectivity index (χ4v) is 5.98. The number of hydrogen-bond donors (Lipinski definition) is 1. The zero-order valence-corrected chi connectivity index (χ0v) is 13.5. The van der Waals surface area contributed by atoms with Gasteiger partial charge in [0.15, 0.2) is 0 Å². The van der Waals surface area contributed by atoms with E-state index in [2.05, 4.69) is 12.2 Å². The van der Waals surface area contributed by atoms with Gasteiger partial charge in [-0.25, -0.2) is 0 Å². The number of ether oxygens (including phenoxy) is 1. The minimum absolute atomic E-state index is 0.650. The molecule has 4 aliphatic carbocycles. The standard InChI is InChI=1S/C18H33NO/c1-3-6-19-17(5-4-7-20-2)18-11-14-8-15(12-18)10-16(9-14)13-18/h14-17,19H,3-13H2,1-2H3. The average Bonchev–Trinajstić information content (AvgIpc) is 2.41. The minimum Gasteiger partial charge on any atom is -0.385 e. The molecule has 0 aromatic rings. The van der Waals surface area contributed by atoms with Gasteiger partial charge in [-0.2, -0.15) is 0 Å². The molecule has 2 nitrogen and oxygen atoms in total. The molecule has 116 valence electrons. The summed E-state index contributed by atoms with van der Waals surface area (Å²) in [6, 6.07) is 0.756. The maximum atomic E-state index is 5.29. The Kier molecular flexibility index (Phi) is 4.72. The lowest BCUT2D eigenvalue weighted by Gasteiger charge is -2.59. The molecule has 0 aliphatic heterocycles. The summed E-state index contributed by atoms with van der Waals surface area (Å²) in [6.07, 6.45) is 13.0. The van der Waals surface area contributed by atoms with Crippen molar-refractivity contribution in [1.82, 2.24) is 5.32 Å². The van der Waals surface area contributed by atoms with Gasteiger partial charge >= 0.3 is 0 Å². The molecule has 4 rings (SSSR count). The van der Waals surface area contributed by atoms with Crippen LogP contribution in [0.25, 0.3) is 0 Å². The number of methoxy groups -OCH3 is 1. The fourth-order valence-electron chi connectivity index (χ4n) is 5.98. The molecule has 0 aromatic carbocycles. The zero-order chi connectivity index (χ0) is 14.0. The Morgan fingerprint density at radius 2 is 1.70 bits per heavy atom. The van der Waals surface area contributed by atoms with E-state index in [4.69, 9.17) is 4.74 Å². The van der Waals surface area contributed by atoms with Crippen molar-refractivity contribution in [2.24, 2.45) is 23.2 Å². The van der Waals surface area contributed by atoms with Crippen molar-refractivity contribution in [2.45, 2.75) is 70.8 Å². The third-order valence-corrected chi connectivity index (χ3v) is 6.31. The Morgan fingerprint density at radius 3 is 2.20 bits per heavy atom. The first kappa shape index (κ1) is 14.8. The molecule has 0 radical (unpaired) electrons. The van der Waals surface area contributed by atoms with Gasteiger partial charge in [-0.1, -0.05) is 6.92 Å². The van der Waals surface area contributed by atoms with Crippen LogP contribution in [0.15, 0.2) is 0 Å². The summed E-state index contributed by atoms with van der Waals surface area (Å²) in [4.78, 5) is 0. The van der Waals surface area contributed by atoms with Gasteiger partial charge in [0.2, 0.25) is 0 Å². The molecule has 0 saturated heterocycles. The second-order valence-electron chi connectivity index (χ2n) is 7.92. The van der Waals surface area contributed by atoms with Crippen LogP contribution in [0, 0.1) is 23.2 Å². The molecule has 1 N–H and O–H groups in total. The van der Waals surface area contributed by atoms with Gasteiger partial charge in [-0.3, -0.25) is 0 Å². The van der Waals surface area contributed by atoms with E-state index in [1.54, 1.807) is 19.3 Å². The third-order valence-electron chi connectivity index (χ3n) is 6.31. The lowest BCUT2D eigenvalue weighted by atomic mass is 9.47. The van der Waals surface area contributed by atoms with Gasteiger partial charge in [0.1, 0.15) is 0 Å². The van der Waals surface area contributed by atoms with E-state index in [0.29, 0.717) is 5.41 Å². The van der Waals surface area contributed by atoms with Crippen LogP contribution < -0.4 is 5.32 Å². The SMILES string of the molecule is CCCNC(CCCOC)C12CC3CC(CC(C3)C1)C2. The van der Waals surface area contributed by atoms with Gasteiger partial charge < -0.3 is 10.1 Å². The van der Waals surface area contributed by atoms with Crippen molar-refractivity contribution >= 4 is 0 Å². The molecular weight excluding hydrogens is 246 g/mol. The van der Waals surface area contributed by atoms with E-state index < -0.39 is 0 Å². The highest BCUT2D eigenvalue weighted by molar-refractivity contribution is 5.06. The summed E-state index contributed by atoms with van der Waals surface area (Å²) in [5.41, 5.74) is 0.650. The zero-order valence-electron chi connectivity index (χ0n) is 13.5. The van der Waals surface area contributed by atoms with Gasteiger partial charge in [0.05, 0.1) is 0 Å². The number of rotatable bonds is 8. The van der Waals surface area contributed by atoms with Crippen molar-refractivity contribution in [2.75, 3.05) is 20.3 Å². The highest BCUT2D eigenvalue weighted by atomic mass is 16.5. The summed E-state index contributed by atoms with van der Waals surface area (Å²) in [7, 11) is 1.83. The van der Waals surface area contributed by atoms with Crippen LogP contribution in [-0.4, -0.2) is 26.3 Å². The molecule has 0 aromatic heterocycles. The minimum atomic E-state index is 0.650. The normalized spacial score (nSPS) is 40.2. The molecule has 4 bridgehead atoms. The van der Waals surface area contributed by atoms with Crippen LogP contribution in [0.2, 0.25) is 0 Å². The predicted octanol–water partition coefficient (Wildman–Crippen LogP) is 4.00. The second-order valence-corrected chi connectivity index (χ2v) is 7.92. The highest BCUT2D eigenvalue weighted by Crippen LogP contribution is 2.61. The molecular formula is C18H33NO.